The van der Waals surface area contributed by atoms with Gasteiger partial charge in [0.15, 0.2) is 0 Å². The van der Waals surface area contributed by atoms with Crippen molar-refractivity contribution in [3.8, 4) is 39.4 Å². The molecule has 3 heteroatoms. The van der Waals surface area contributed by atoms with Gasteiger partial charge in [-0.3, -0.25) is 4.57 Å². The molecule has 2 heterocycles. The highest BCUT2D eigenvalue weighted by Crippen LogP contribution is 2.62. The highest BCUT2D eigenvalue weighted by Gasteiger charge is 2.50. The van der Waals surface area contributed by atoms with Gasteiger partial charge in [-0.15, -0.1) is 0 Å². The summed E-state index contributed by atoms with van der Waals surface area (Å²) in [6.45, 7) is 0. The van der Waals surface area contributed by atoms with Gasteiger partial charge in [0.25, 0.3) is 0 Å². The number of hydrogen-bond donors (Lipinski definition) is 0. The summed E-state index contributed by atoms with van der Waals surface area (Å²) in [5.41, 5.74) is 12.6. The van der Waals surface area contributed by atoms with Gasteiger partial charge >= 0.3 is 0 Å². The van der Waals surface area contributed by atoms with E-state index in [0.717, 1.165) is 51.6 Å². The van der Waals surface area contributed by atoms with Gasteiger partial charge in [-0.05, 0) is 82.3 Å². The third-order valence-corrected chi connectivity index (χ3v) is 10.2. The van der Waals surface area contributed by atoms with Crippen molar-refractivity contribution in [1.82, 2.24) is 9.55 Å². The zero-order chi connectivity index (χ0) is 31.0. The maximum Gasteiger partial charge on any atom is 0.132 e. The predicted octanol–water partition coefficient (Wildman–Crippen LogP) is 10.8. The first-order valence-electron chi connectivity index (χ1n) is 16.3. The molecule has 0 saturated heterocycles. The van der Waals surface area contributed by atoms with Crippen LogP contribution < -0.4 is 4.74 Å². The van der Waals surface area contributed by atoms with E-state index in [2.05, 4.69) is 168 Å². The molecular formula is C44H30N2O. The first-order valence-corrected chi connectivity index (χ1v) is 16.3. The molecule has 1 aliphatic heterocycles. The molecule has 1 spiro atoms. The van der Waals surface area contributed by atoms with Gasteiger partial charge in [0.05, 0.1) is 16.4 Å². The van der Waals surface area contributed by atoms with Crippen LogP contribution in [0.1, 0.15) is 40.4 Å². The van der Waals surface area contributed by atoms with Crippen LogP contribution in [0.15, 0.2) is 164 Å². The summed E-state index contributed by atoms with van der Waals surface area (Å²) in [4.78, 5) is 5.15. The molecule has 3 nitrogen and oxygen atoms in total. The SMILES string of the molecule is C1=CCC(c2nc3ccccc3n2-c2cccc(-c3ccc4c(c3)C3(c5ccccc5O4)c4ccccc4-c4ccccc43)c2)C=C1. The Balaban J connectivity index is 1.19. The number of fused-ring (bicyclic) bond motifs is 10. The standard InChI is InChI=1S/C44H30N2O/c1-2-13-29(14-3-1)43-45-39-22-9-10-23-40(39)46(43)32-16-12-15-30(27-32)31-25-26-42-38(28-31)44(37-21-8-11-24-41(37)47-42)35-19-6-4-17-33(35)34-18-5-7-20-36(34)44/h1-13,15-29H,14H2. The highest BCUT2D eigenvalue weighted by atomic mass is 16.5. The molecular weight excluding hydrogens is 572 g/mol. The van der Waals surface area contributed by atoms with Crippen LogP contribution in [0, 0.1) is 0 Å². The van der Waals surface area contributed by atoms with Crippen molar-refractivity contribution in [1.29, 1.82) is 0 Å². The summed E-state index contributed by atoms with van der Waals surface area (Å²) in [7, 11) is 0. The lowest BCUT2D eigenvalue weighted by atomic mass is 9.66. The van der Waals surface area contributed by atoms with Crippen molar-refractivity contribution in [3.05, 3.63) is 192 Å². The van der Waals surface area contributed by atoms with Crippen molar-refractivity contribution >= 4 is 11.0 Å². The van der Waals surface area contributed by atoms with E-state index in [9.17, 15) is 0 Å². The Hall–Kier alpha value is -5.93. The van der Waals surface area contributed by atoms with Crippen LogP contribution >= 0.6 is 0 Å². The first kappa shape index (κ1) is 26.3. The minimum absolute atomic E-state index is 0.222. The second kappa shape index (κ2) is 10.0. The second-order valence-electron chi connectivity index (χ2n) is 12.7. The van der Waals surface area contributed by atoms with Crippen molar-refractivity contribution in [2.24, 2.45) is 0 Å². The number of ether oxygens (including phenoxy) is 1. The molecule has 1 aromatic heterocycles. The lowest BCUT2D eigenvalue weighted by Crippen LogP contribution is -2.32. The maximum atomic E-state index is 6.67. The second-order valence-corrected chi connectivity index (χ2v) is 12.7. The average Bonchev–Trinajstić information content (AvgIpc) is 3.67. The third-order valence-electron chi connectivity index (χ3n) is 10.2. The number of hydrogen-bond acceptors (Lipinski definition) is 2. The minimum atomic E-state index is -0.487. The lowest BCUT2D eigenvalue weighted by molar-refractivity contribution is 0.436. The Labute approximate surface area is 273 Å². The van der Waals surface area contributed by atoms with E-state index in [-0.39, 0.29) is 5.92 Å². The van der Waals surface area contributed by atoms with Crippen molar-refractivity contribution < 1.29 is 4.74 Å². The number of allylic oxidation sites excluding steroid dienone is 4. The van der Waals surface area contributed by atoms with E-state index < -0.39 is 5.41 Å². The molecule has 6 aromatic carbocycles. The minimum Gasteiger partial charge on any atom is -0.457 e. The molecule has 7 aromatic rings. The maximum absolute atomic E-state index is 6.67. The summed E-state index contributed by atoms with van der Waals surface area (Å²) in [5, 5.41) is 0. The summed E-state index contributed by atoms with van der Waals surface area (Å²) in [6, 6.07) is 50.4. The van der Waals surface area contributed by atoms with Gasteiger partial charge in [0.1, 0.15) is 17.3 Å². The predicted molar refractivity (Wildman–Crippen MR) is 190 cm³/mol. The summed E-state index contributed by atoms with van der Waals surface area (Å²) >= 11 is 0. The van der Waals surface area contributed by atoms with Crippen LogP contribution in [0.4, 0.5) is 0 Å². The van der Waals surface area contributed by atoms with E-state index in [1.807, 2.05) is 0 Å². The summed E-state index contributed by atoms with van der Waals surface area (Å²) in [6.07, 6.45) is 9.69. The van der Waals surface area contributed by atoms with Gasteiger partial charge in [0.2, 0.25) is 0 Å². The molecule has 47 heavy (non-hydrogen) atoms. The van der Waals surface area contributed by atoms with E-state index in [4.69, 9.17) is 9.72 Å². The number of benzene rings is 6. The van der Waals surface area contributed by atoms with Gasteiger partial charge in [-0.25, -0.2) is 4.98 Å². The van der Waals surface area contributed by atoms with E-state index in [1.165, 1.54) is 33.4 Å². The van der Waals surface area contributed by atoms with Crippen LogP contribution in [0.5, 0.6) is 11.5 Å². The number of imidazole rings is 1. The monoisotopic (exact) mass is 602 g/mol. The molecule has 1 unspecified atom stereocenters. The Morgan fingerprint density at radius 3 is 2.11 bits per heavy atom. The fraction of sp³-hybridized carbons (Fsp3) is 0.0682. The molecule has 222 valence electrons. The third kappa shape index (κ3) is 3.71. The molecule has 0 bridgehead atoms. The Morgan fingerprint density at radius 2 is 1.30 bits per heavy atom. The smallest absolute Gasteiger partial charge is 0.132 e. The van der Waals surface area contributed by atoms with Crippen molar-refractivity contribution in [2.75, 3.05) is 0 Å². The zero-order valence-electron chi connectivity index (χ0n) is 25.7. The van der Waals surface area contributed by atoms with Crippen molar-refractivity contribution in [2.45, 2.75) is 17.8 Å². The summed E-state index contributed by atoms with van der Waals surface area (Å²) in [5.74, 6) is 3.10. The molecule has 3 aliphatic rings. The van der Waals surface area contributed by atoms with Crippen LogP contribution in [-0.4, -0.2) is 9.55 Å². The van der Waals surface area contributed by atoms with Crippen LogP contribution in [-0.2, 0) is 5.41 Å². The van der Waals surface area contributed by atoms with Crippen LogP contribution in [0.25, 0.3) is 39.0 Å². The molecule has 2 aliphatic carbocycles. The van der Waals surface area contributed by atoms with Gasteiger partial charge in [-0.2, -0.15) is 0 Å². The van der Waals surface area contributed by atoms with Gasteiger partial charge in [-0.1, -0.05) is 121 Å². The molecule has 1 atom stereocenters. The Morgan fingerprint density at radius 1 is 0.596 bits per heavy atom. The molecule has 0 N–H and O–H groups in total. The normalized spacial score (nSPS) is 16.4. The fourth-order valence-corrected chi connectivity index (χ4v) is 8.20. The number of nitrogens with zero attached hydrogens (tertiary/aromatic N) is 2. The Kier molecular flexibility index (Phi) is 5.62. The molecule has 0 amide bonds. The first-order chi connectivity index (χ1) is 23.3. The number of para-hydroxylation sites is 3. The van der Waals surface area contributed by atoms with Crippen LogP contribution in [0.3, 0.4) is 0 Å². The lowest BCUT2D eigenvalue weighted by Gasteiger charge is -2.39. The molecule has 0 fully saturated rings. The summed E-state index contributed by atoms with van der Waals surface area (Å²) < 4.78 is 9.02. The van der Waals surface area contributed by atoms with E-state index in [1.54, 1.807) is 0 Å². The number of rotatable bonds is 3. The van der Waals surface area contributed by atoms with E-state index in [0.29, 0.717) is 0 Å². The van der Waals surface area contributed by atoms with Gasteiger partial charge < -0.3 is 4.74 Å². The molecule has 0 saturated carbocycles. The Bertz CT molecular complexity index is 2400. The van der Waals surface area contributed by atoms with Gasteiger partial charge in [0, 0.05) is 22.7 Å². The fourth-order valence-electron chi connectivity index (χ4n) is 8.20. The quantitative estimate of drug-likeness (QED) is 0.201. The number of aromatic nitrogens is 2. The largest absolute Gasteiger partial charge is 0.457 e. The van der Waals surface area contributed by atoms with E-state index >= 15 is 0 Å². The topological polar surface area (TPSA) is 27.1 Å². The average molecular weight is 603 g/mol. The molecule has 10 rings (SSSR count). The molecule has 0 radical (unpaired) electrons. The van der Waals surface area contributed by atoms with Crippen LogP contribution in [0.2, 0.25) is 0 Å². The highest BCUT2D eigenvalue weighted by molar-refractivity contribution is 5.89. The van der Waals surface area contributed by atoms with Crippen molar-refractivity contribution in [3.63, 3.8) is 0 Å². The zero-order valence-corrected chi connectivity index (χ0v) is 25.7.